The highest BCUT2D eigenvalue weighted by atomic mass is 16.8. The molecule has 4 heterocycles. The third-order valence-electron chi connectivity index (χ3n) is 20.8. The van der Waals surface area contributed by atoms with Gasteiger partial charge in [0.15, 0.2) is 25.2 Å². The molecule has 0 spiro atoms. The number of aliphatic hydroxyl groups is 12. The van der Waals surface area contributed by atoms with Gasteiger partial charge in [0.1, 0.15) is 85.5 Å². The summed E-state index contributed by atoms with van der Waals surface area (Å²) < 4.78 is 47.9. The molecule has 4 saturated carbocycles. The fourth-order valence-electron chi connectivity index (χ4n) is 16.1. The van der Waals surface area contributed by atoms with Crippen molar-refractivity contribution in [2.75, 3.05) is 26.4 Å². The lowest BCUT2D eigenvalue weighted by Gasteiger charge is -2.71. The van der Waals surface area contributed by atoms with E-state index in [0.29, 0.717) is 19.3 Å². The van der Waals surface area contributed by atoms with Gasteiger partial charge in [-0.2, -0.15) is 0 Å². The number of ether oxygens (including phenoxy) is 8. The molecule has 13 N–H and O–H groups in total. The molecule has 0 radical (unpaired) electrons. The smallest absolute Gasteiger partial charge is 0.312 e. The Morgan fingerprint density at radius 2 is 1.24 bits per heavy atom. The van der Waals surface area contributed by atoms with Gasteiger partial charge in [-0.05, 0) is 111 Å². The van der Waals surface area contributed by atoms with Crippen molar-refractivity contribution in [3.05, 3.63) is 11.6 Å². The summed E-state index contributed by atoms with van der Waals surface area (Å²) in [6, 6.07) is 0. The number of hydrogen-bond acceptors (Lipinski definition) is 21. The van der Waals surface area contributed by atoms with Crippen LogP contribution in [0.2, 0.25) is 0 Å². The minimum absolute atomic E-state index is 0.0372. The van der Waals surface area contributed by atoms with E-state index in [4.69, 9.17) is 37.9 Å². The Labute approximate surface area is 431 Å². The van der Waals surface area contributed by atoms with Crippen molar-refractivity contribution in [1.82, 2.24) is 0 Å². The summed E-state index contributed by atoms with van der Waals surface area (Å²) in [6.45, 7) is 13.3. The molecule has 0 unspecified atom stereocenters. The van der Waals surface area contributed by atoms with Crippen molar-refractivity contribution in [3.63, 3.8) is 0 Å². The van der Waals surface area contributed by atoms with E-state index in [-0.39, 0.29) is 54.3 Å². The maximum absolute atomic E-state index is 13.7. The molecule has 74 heavy (non-hydrogen) atoms. The second-order valence-corrected chi connectivity index (χ2v) is 25.4. The third kappa shape index (κ3) is 9.16. The summed E-state index contributed by atoms with van der Waals surface area (Å²) in [6.07, 6.45) is -21.3. The van der Waals surface area contributed by atoms with Crippen molar-refractivity contribution in [1.29, 1.82) is 0 Å². The molecule has 28 atom stereocenters. The van der Waals surface area contributed by atoms with Gasteiger partial charge in [0.25, 0.3) is 0 Å². The number of hydrogen-bond donors (Lipinski definition) is 13. The van der Waals surface area contributed by atoms with E-state index in [9.17, 15) is 71.2 Å². The van der Waals surface area contributed by atoms with Crippen LogP contribution in [0.15, 0.2) is 11.6 Å². The maximum atomic E-state index is 13.7. The van der Waals surface area contributed by atoms with Crippen LogP contribution >= 0.6 is 0 Å². The first-order chi connectivity index (χ1) is 34.6. The molecular weight excluding hydrogens is 977 g/mol. The number of rotatable bonds is 11. The van der Waals surface area contributed by atoms with Crippen LogP contribution < -0.4 is 0 Å². The molecule has 0 aromatic heterocycles. The fourth-order valence-corrected chi connectivity index (χ4v) is 16.1. The van der Waals surface area contributed by atoms with Crippen molar-refractivity contribution in [2.45, 2.75) is 229 Å². The van der Waals surface area contributed by atoms with Gasteiger partial charge in [-0.15, -0.1) is 0 Å². The molecular formula is C52H84O22. The maximum Gasteiger partial charge on any atom is 0.312 e. The van der Waals surface area contributed by atoms with Crippen LogP contribution in [0.4, 0.5) is 0 Å². The number of carbonyl (C=O) groups is 1. The number of aliphatic carboxylic acids is 1. The van der Waals surface area contributed by atoms with Crippen LogP contribution in [0.1, 0.15) is 106 Å². The molecule has 9 rings (SSSR count). The van der Waals surface area contributed by atoms with Gasteiger partial charge in [-0.3, -0.25) is 4.79 Å². The molecule has 5 aliphatic carbocycles. The zero-order chi connectivity index (χ0) is 54.0. The Balaban J connectivity index is 0.939. The summed E-state index contributed by atoms with van der Waals surface area (Å²) in [5.74, 6) is -1.71. The average molecular weight is 1060 g/mol. The average Bonchev–Trinajstić information content (AvgIpc) is 3.34. The molecule has 9 aliphatic rings. The molecule has 0 amide bonds. The number of fused-ring (bicyclic) bond motifs is 7. The van der Waals surface area contributed by atoms with Crippen molar-refractivity contribution in [2.24, 2.45) is 50.2 Å². The topological polar surface area (TPSA) is 354 Å². The monoisotopic (exact) mass is 1060 g/mol. The molecule has 0 aromatic carbocycles. The first-order valence-electron chi connectivity index (χ1n) is 26.7. The zero-order valence-electron chi connectivity index (χ0n) is 43.5. The zero-order valence-corrected chi connectivity index (χ0v) is 43.5. The summed E-state index contributed by atoms with van der Waals surface area (Å²) >= 11 is 0. The van der Waals surface area contributed by atoms with Gasteiger partial charge < -0.3 is 104 Å². The Morgan fingerprint density at radius 1 is 0.635 bits per heavy atom. The van der Waals surface area contributed by atoms with E-state index in [2.05, 4.69) is 40.7 Å². The molecule has 4 saturated heterocycles. The Bertz CT molecular complexity index is 2050. The third-order valence-corrected chi connectivity index (χ3v) is 20.8. The van der Waals surface area contributed by atoms with Gasteiger partial charge in [-0.1, -0.05) is 46.3 Å². The van der Waals surface area contributed by atoms with E-state index in [1.54, 1.807) is 6.92 Å². The fraction of sp³-hybridized carbons (Fsp3) is 0.942. The Kier molecular flexibility index (Phi) is 15.8. The first kappa shape index (κ1) is 57.1. The second-order valence-electron chi connectivity index (χ2n) is 25.4. The number of carboxylic acids is 1. The van der Waals surface area contributed by atoms with E-state index in [0.717, 1.165) is 32.1 Å². The molecule has 22 nitrogen and oxygen atoms in total. The number of aliphatic hydroxyl groups excluding tert-OH is 12. The predicted octanol–water partition coefficient (Wildman–Crippen LogP) is -1.22. The Morgan fingerprint density at radius 3 is 1.92 bits per heavy atom. The molecule has 4 aliphatic heterocycles. The van der Waals surface area contributed by atoms with Crippen LogP contribution in [0, 0.1) is 50.2 Å². The first-order valence-corrected chi connectivity index (χ1v) is 26.7. The number of allylic oxidation sites excluding steroid dienone is 2. The van der Waals surface area contributed by atoms with Crippen LogP contribution in [-0.2, 0) is 42.7 Å². The number of carboxylic acid groups (broad SMARTS) is 1. The summed E-state index contributed by atoms with van der Waals surface area (Å²) in [4.78, 5) is 13.7. The molecule has 424 valence electrons. The van der Waals surface area contributed by atoms with E-state index in [1.165, 1.54) is 12.5 Å². The predicted molar refractivity (Wildman–Crippen MR) is 253 cm³/mol. The normalized spacial score (nSPS) is 55.4. The minimum atomic E-state index is -1.78. The summed E-state index contributed by atoms with van der Waals surface area (Å²) in [7, 11) is 0. The molecule has 8 fully saturated rings. The largest absolute Gasteiger partial charge is 0.481 e. The van der Waals surface area contributed by atoms with E-state index >= 15 is 0 Å². The van der Waals surface area contributed by atoms with Crippen LogP contribution in [0.25, 0.3) is 0 Å². The SMILES string of the molecule is C[C@@H]1O[C@@H](O[C@H]2[C@H](OC[C@]34CCC(C)(C)C[C@H]3C3=CC[C@@H]5[C@@]6(C)C[C@H](O)[C@H](O[C@@H]7O[C@H](CO)[C@@H](O)[C@H](O)[C@H]7O)[C@@](C)(C(=O)O)[C@@H]6CC[C@@]5(C)[C@]3(C)CC4)OC[C@H](O)[C@@H]2O)[C@H](O)[C@H](O)[C@H]1O[C@@H]1OC[C@@H](O)[C@H](O)[C@H]1O. The molecule has 0 aromatic rings. The molecule has 22 heteroatoms. The highest BCUT2D eigenvalue weighted by Gasteiger charge is 2.72. The van der Waals surface area contributed by atoms with Gasteiger partial charge in [0.05, 0.1) is 44.1 Å². The van der Waals surface area contributed by atoms with Crippen molar-refractivity contribution < 1.29 is 109 Å². The summed E-state index contributed by atoms with van der Waals surface area (Å²) in [5.41, 5.74) is -2.22. The van der Waals surface area contributed by atoms with E-state index < -0.39 is 158 Å². The lowest BCUT2D eigenvalue weighted by molar-refractivity contribution is -0.372. The quantitative estimate of drug-likeness (QED) is 0.0852. The lowest BCUT2D eigenvalue weighted by atomic mass is 9.33. The molecule has 0 bridgehead atoms. The van der Waals surface area contributed by atoms with Gasteiger partial charge in [0, 0.05) is 5.41 Å². The van der Waals surface area contributed by atoms with Gasteiger partial charge >= 0.3 is 5.97 Å². The van der Waals surface area contributed by atoms with Crippen molar-refractivity contribution >= 4 is 5.97 Å². The highest BCUT2D eigenvalue weighted by Crippen LogP contribution is 2.76. The second kappa shape index (κ2) is 20.5. The van der Waals surface area contributed by atoms with E-state index in [1.807, 2.05) is 0 Å². The summed E-state index contributed by atoms with van der Waals surface area (Å²) in [5, 5.41) is 140. The van der Waals surface area contributed by atoms with Crippen molar-refractivity contribution in [3.8, 4) is 0 Å². The van der Waals surface area contributed by atoms with Gasteiger partial charge in [0.2, 0.25) is 0 Å². The lowest BCUT2D eigenvalue weighted by Crippen LogP contribution is -2.70. The minimum Gasteiger partial charge on any atom is -0.481 e. The van der Waals surface area contributed by atoms with Crippen LogP contribution in [0.5, 0.6) is 0 Å². The van der Waals surface area contributed by atoms with Gasteiger partial charge in [-0.25, -0.2) is 0 Å². The standard InChI is InChI=1S/C52H84O22/c1-22-39(72-42-36(62)31(57)26(55)19-67-42)35(61)38(64)43(70-22)73-40-32(58)27(56)20-68-45(40)69-21-52-14-12-47(2,3)16-24(52)23-8-9-29-48(4)17-25(54)41(74-44-37(63)34(60)33(59)28(18-53)71-44)51(7,46(65)66)30(48)10-11-50(29,6)49(23,5)13-15-52/h8,22,24-45,53-64H,9-21H2,1-7H3,(H,65,66)/t22-,24-,25-,26+,27-,28+,29+,30+,31-,32-,33+,34-,35-,36+,37+,38+,39-,40+,41-,42-,43-,44-,45-,48+,49+,50+,51-,52+/m0/s1. The van der Waals surface area contributed by atoms with Crippen LogP contribution in [-0.4, -0.2) is 222 Å². The highest BCUT2D eigenvalue weighted by molar-refractivity contribution is 5.76. The Hall–Kier alpha value is -1.59. The van der Waals surface area contributed by atoms with Crippen LogP contribution in [0.3, 0.4) is 0 Å².